The lowest BCUT2D eigenvalue weighted by Gasteiger charge is -2.08. The first-order valence-corrected chi connectivity index (χ1v) is 5.41. The molecule has 0 aromatic carbocycles. The van der Waals surface area contributed by atoms with Crippen LogP contribution in [-0.4, -0.2) is 22.8 Å². The van der Waals surface area contributed by atoms with Crippen molar-refractivity contribution in [2.24, 2.45) is 5.92 Å². The molecule has 14 heavy (non-hydrogen) atoms. The highest BCUT2D eigenvalue weighted by molar-refractivity contribution is 7.99. The smallest absolute Gasteiger partial charge is 0.241 e. The van der Waals surface area contributed by atoms with E-state index in [9.17, 15) is 0 Å². The Morgan fingerprint density at radius 3 is 2.79 bits per heavy atom. The van der Waals surface area contributed by atoms with Gasteiger partial charge in [-0.2, -0.15) is 4.98 Å². The highest BCUT2D eigenvalue weighted by Gasteiger charge is 2.08. The van der Waals surface area contributed by atoms with Crippen LogP contribution in [0.4, 0.5) is 5.69 Å². The van der Waals surface area contributed by atoms with Crippen LogP contribution in [0.15, 0.2) is 11.4 Å². The fourth-order valence-electron chi connectivity index (χ4n) is 0.888. The molecule has 1 rings (SSSR count). The van der Waals surface area contributed by atoms with Crippen molar-refractivity contribution in [3.8, 4) is 5.88 Å². The predicted octanol–water partition coefficient (Wildman–Crippen LogP) is 1.82. The van der Waals surface area contributed by atoms with Crippen molar-refractivity contribution in [3.05, 3.63) is 6.33 Å². The molecule has 4 nitrogen and oxygen atoms in total. The molecule has 0 fully saturated rings. The van der Waals surface area contributed by atoms with Gasteiger partial charge in [-0.1, -0.05) is 13.8 Å². The number of aromatic nitrogens is 2. The van der Waals surface area contributed by atoms with E-state index in [0.717, 1.165) is 10.8 Å². The monoisotopic (exact) mass is 213 g/mol. The zero-order valence-corrected chi connectivity index (χ0v) is 9.47. The molecule has 0 amide bonds. The fourth-order valence-corrected chi connectivity index (χ4v) is 1.74. The number of methoxy groups -OCH3 is 1. The minimum Gasteiger partial charge on any atom is -0.479 e. The predicted molar refractivity (Wildman–Crippen MR) is 58.6 cm³/mol. The molecule has 2 N–H and O–H groups in total. The van der Waals surface area contributed by atoms with E-state index in [2.05, 4.69) is 23.8 Å². The van der Waals surface area contributed by atoms with E-state index < -0.39 is 0 Å². The molecule has 0 saturated heterocycles. The highest BCUT2D eigenvalue weighted by atomic mass is 32.2. The molecule has 5 heteroatoms. The van der Waals surface area contributed by atoms with Gasteiger partial charge in [-0.3, -0.25) is 0 Å². The first-order chi connectivity index (χ1) is 6.65. The summed E-state index contributed by atoms with van der Waals surface area (Å²) < 4.78 is 5.00. The van der Waals surface area contributed by atoms with E-state index in [4.69, 9.17) is 10.5 Å². The maximum atomic E-state index is 5.81. The van der Waals surface area contributed by atoms with Gasteiger partial charge in [0.1, 0.15) is 17.0 Å². The number of anilines is 1. The summed E-state index contributed by atoms with van der Waals surface area (Å²) in [6, 6.07) is 0. The van der Waals surface area contributed by atoms with Gasteiger partial charge < -0.3 is 10.5 Å². The second kappa shape index (κ2) is 5.05. The third kappa shape index (κ3) is 2.77. The average Bonchev–Trinajstić information content (AvgIpc) is 2.16. The van der Waals surface area contributed by atoms with Crippen LogP contribution < -0.4 is 10.5 Å². The number of ether oxygens (including phenoxy) is 1. The van der Waals surface area contributed by atoms with Gasteiger partial charge in [-0.25, -0.2) is 4.98 Å². The van der Waals surface area contributed by atoms with E-state index in [1.54, 1.807) is 18.9 Å². The summed E-state index contributed by atoms with van der Waals surface area (Å²) in [6.45, 7) is 4.31. The maximum absolute atomic E-state index is 5.81. The number of thioether (sulfide) groups is 1. The standard InChI is InChI=1S/C9H15N3OS/c1-6(2)4-14-9-7(10)8(13-3)11-5-12-9/h5-6H,4,10H2,1-3H3. The summed E-state index contributed by atoms with van der Waals surface area (Å²) in [5.74, 6) is 2.05. The quantitative estimate of drug-likeness (QED) is 0.610. The molecule has 0 bridgehead atoms. The summed E-state index contributed by atoms with van der Waals surface area (Å²) in [7, 11) is 1.55. The summed E-state index contributed by atoms with van der Waals surface area (Å²) in [6.07, 6.45) is 1.47. The molecule has 0 aliphatic rings. The van der Waals surface area contributed by atoms with Gasteiger partial charge in [0.2, 0.25) is 5.88 Å². The molecule has 0 atom stereocenters. The number of hydrogen-bond donors (Lipinski definition) is 1. The zero-order valence-electron chi connectivity index (χ0n) is 8.65. The van der Waals surface area contributed by atoms with Crippen molar-refractivity contribution in [2.75, 3.05) is 18.6 Å². The molecule has 0 aliphatic carbocycles. The van der Waals surface area contributed by atoms with Crippen LogP contribution in [0.5, 0.6) is 5.88 Å². The fraction of sp³-hybridized carbons (Fsp3) is 0.556. The van der Waals surface area contributed by atoms with E-state index >= 15 is 0 Å². The Morgan fingerprint density at radius 1 is 1.50 bits per heavy atom. The third-order valence-electron chi connectivity index (χ3n) is 1.56. The normalized spacial score (nSPS) is 10.6. The maximum Gasteiger partial charge on any atom is 0.241 e. The van der Waals surface area contributed by atoms with Crippen molar-refractivity contribution in [2.45, 2.75) is 18.9 Å². The molecule has 1 heterocycles. The Morgan fingerprint density at radius 2 is 2.21 bits per heavy atom. The van der Waals surface area contributed by atoms with Gasteiger partial charge in [0.25, 0.3) is 0 Å². The van der Waals surface area contributed by atoms with E-state index in [-0.39, 0.29) is 0 Å². The minimum absolute atomic E-state index is 0.450. The van der Waals surface area contributed by atoms with Crippen molar-refractivity contribution in [1.82, 2.24) is 9.97 Å². The van der Waals surface area contributed by atoms with Crippen LogP contribution in [0.25, 0.3) is 0 Å². The topological polar surface area (TPSA) is 61.0 Å². The van der Waals surface area contributed by atoms with Crippen LogP contribution in [-0.2, 0) is 0 Å². The molecule has 0 spiro atoms. The van der Waals surface area contributed by atoms with E-state index in [1.807, 2.05) is 0 Å². The molecular weight excluding hydrogens is 198 g/mol. The summed E-state index contributed by atoms with van der Waals surface area (Å²) in [5.41, 5.74) is 6.34. The lowest BCUT2D eigenvalue weighted by molar-refractivity contribution is 0.397. The van der Waals surface area contributed by atoms with Crippen molar-refractivity contribution in [1.29, 1.82) is 0 Å². The van der Waals surface area contributed by atoms with Gasteiger partial charge in [0, 0.05) is 5.75 Å². The highest BCUT2D eigenvalue weighted by Crippen LogP contribution is 2.29. The van der Waals surface area contributed by atoms with Crippen LogP contribution in [0.1, 0.15) is 13.8 Å². The lowest BCUT2D eigenvalue weighted by Crippen LogP contribution is -2.00. The summed E-state index contributed by atoms with van der Waals surface area (Å²) in [4.78, 5) is 8.02. The first kappa shape index (κ1) is 11.1. The van der Waals surface area contributed by atoms with Crippen molar-refractivity contribution >= 4 is 17.4 Å². The van der Waals surface area contributed by atoms with E-state index in [1.165, 1.54) is 6.33 Å². The van der Waals surface area contributed by atoms with Crippen LogP contribution in [0, 0.1) is 5.92 Å². The van der Waals surface area contributed by atoms with E-state index in [0.29, 0.717) is 17.5 Å². The van der Waals surface area contributed by atoms with Gasteiger partial charge in [0.15, 0.2) is 0 Å². The van der Waals surface area contributed by atoms with Crippen LogP contribution in [0.2, 0.25) is 0 Å². The second-order valence-electron chi connectivity index (χ2n) is 3.31. The average molecular weight is 213 g/mol. The largest absolute Gasteiger partial charge is 0.479 e. The van der Waals surface area contributed by atoms with Gasteiger partial charge in [-0.05, 0) is 5.92 Å². The minimum atomic E-state index is 0.450. The third-order valence-corrected chi connectivity index (χ3v) is 2.99. The van der Waals surface area contributed by atoms with Crippen molar-refractivity contribution in [3.63, 3.8) is 0 Å². The Balaban J connectivity index is 2.76. The van der Waals surface area contributed by atoms with Crippen LogP contribution >= 0.6 is 11.8 Å². The molecule has 0 saturated carbocycles. The number of nitrogens with two attached hydrogens (primary N) is 1. The summed E-state index contributed by atoms with van der Waals surface area (Å²) >= 11 is 1.63. The SMILES string of the molecule is COc1ncnc(SCC(C)C)c1N. The number of rotatable bonds is 4. The lowest BCUT2D eigenvalue weighted by atomic mass is 10.3. The Labute approximate surface area is 88.3 Å². The van der Waals surface area contributed by atoms with Crippen molar-refractivity contribution < 1.29 is 4.74 Å². The summed E-state index contributed by atoms with van der Waals surface area (Å²) in [5, 5.41) is 0.797. The van der Waals surface area contributed by atoms with Gasteiger partial charge in [-0.15, -0.1) is 11.8 Å². The Hall–Kier alpha value is -0.970. The number of hydrogen-bond acceptors (Lipinski definition) is 5. The molecule has 1 aromatic rings. The Bertz CT molecular complexity index is 304. The zero-order chi connectivity index (χ0) is 10.6. The first-order valence-electron chi connectivity index (χ1n) is 4.42. The molecule has 78 valence electrons. The molecule has 0 unspecified atom stereocenters. The Kier molecular flexibility index (Phi) is 4.00. The van der Waals surface area contributed by atoms with Gasteiger partial charge >= 0.3 is 0 Å². The number of nitrogen functional groups attached to an aromatic ring is 1. The number of nitrogens with zero attached hydrogens (tertiary/aromatic N) is 2. The molecular formula is C9H15N3OS. The molecule has 1 aromatic heterocycles. The molecule has 0 aliphatic heterocycles. The second-order valence-corrected chi connectivity index (χ2v) is 4.32. The van der Waals surface area contributed by atoms with Gasteiger partial charge in [0.05, 0.1) is 7.11 Å². The van der Waals surface area contributed by atoms with Crippen LogP contribution in [0.3, 0.4) is 0 Å². The molecule has 0 radical (unpaired) electrons.